The average molecular weight is 364 g/mol. The number of hydrogen-bond acceptors (Lipinski definition) is 5. The minimum atomic E-state index is -1.10. The smallest absolute Gasteiger partial charge is 0.277 e. The molecule has 8 nitrogen and oxygen atoms in total. The number of aromatic nitrogens is 2. The summed E-state index contributed by atoms with van der Waals surface area (Å²) in [4.78, 5) is 31.9. The zero-order chi connectivity index (χ0) is 18.3. The fraction of sp³-hybridized carbons (Fsp3) is 0.312. The molecule has 2 unspecified atom stereocenters. The van der Waals surface area contributed by atoms with Crippen LogP contribution < -0.4 is 10.2 Å². The lowest BCUT2D eigenvalue weighted by Crippen LogP contribution is -2.52. The average Bonchev–Trinajstić information content (AvgIpc) is 3.02. The van der Waals surface area contributed by atoms with Gasteiger partial charge in [-0.05, 0) is 25.1 Å². The molecule has 3 rings (SSSR count). The number of halogens is 1. The van der Waals surface area contributed by atoms with E-state index in [1.165, 1.54) is 27.7 Å². The molecule has 0 radical (unpaired) electrons. The first-order valence-electron chi connectivity index (χ1n) is 7.62. The van der Waals surface area contributed by atoms with E-state index in [2.05, 4.69) is 10.3 Å². The number of rotatable bonds is 3. The molecule has 2 atom stereocenters. The van der Waals surface area contributed by atoms with E-state index in [4.69, 9.17) is 11.6 Å². The maximum atomic E-state index is 12.6. The van der Waals surface area contributed by atoms with E-state index in [0.29, 0.717) is 16.5 Å². The topological polar surface area (TPSA) is 90.7 Å². The summed E-state index contributed by atoms with van der Waals surface area (Å²) in [5.41, 5.74) is 0.818. The van der Waals surface area contributed by atoms with E-state index in [1.807, 2.05) is 0 Å². The number of benzene rings is 1. The molecule has 132 valence electrons. The number of nitrogens with zero attached hydrogens (tertiary/aromatic N) is 4. The fourth-order valence-corrected chi connectivity index (χ4v) is 2.88. The lowest BCUT2D eigenvalue weighted by atomic mass is 10.2. The molecule has 1 aliphatic heterocycles. The van der Waals surface area contributed by atoms with E-state index in [1.54, 1.807) is 38.2 Å². The van der Waals surface area contributed by atoms with Crippen LogP contribution >= 0.6 is 11.6 Å². The molecule has 1 aliphatic rings. The summed E-state index contributed by atoms with van der Waals surface area (Å²) in [6, 6.07) is 6.12. The van der Waals surface area contributed by atoms with Gasteiger partial charge >= 0.3 is 0 Å². The maximum absolute atomic E-state index is 12.6. The molecular formula is C16H18ClN5O3. The first-order valence-corrected chi connectivity index (χ1v) is 8.00. The number of imidazole rings is 1. The van der Waals surface area contributed by atoms with Crippen molar-refractivity contribution in [2.75, 3.05) is 24.3 Å². The molecule has 0 aliphatic carbocycles. The highest BCUT2D eigenvalue weighted by molar-refractivity contribution is 6.30. The normalized spacial score (nSPS) is 18.1. The molecule has 0 saturated heterocycles. The summed E-state index contributed by atoms with van der Waals surface area (Å²) in [5.74, 6) is -0.384. The number of aliphatic hydroxyl groups is 1. The highest BCUT2D eigenvalue weighted by Crippen LogP contribution is 2.29. The minimum absolute atomic E-state index is 0.254. The van der Waals surface area contributed by atoms with Gasteiger partial charge in [-0.1, -0.05) is 17.7 Å². The van der Waals surface area contributed by atoms with E-state index in [9.17, 15) is 14.7 Å². The van der Waals surface area contributed by atoms with Crippen LogP contribution in [0, 0.1) is 0 Å². The lowest BCUT2D eigenvalue weighted by molar-refractivity contribution is -0.118. The van der Waals surface area contributed by atoms with Crippen LogP contribution in [0.5, 0.6) is 0 Å². The van der Waals surface area contributed by atoms with Gasteiger partial charge in [0.25, 0.3) is 5.91 Å². The number of hydrogen-bond donors (Lipinski definition) is 2. The number of nitrogens with one attached hydrogen (secondary N) is 1. The van der Waals surface area contributed by atoms with E-state index >= 15 is 0 Å². The molecular weight excluding hydrogens is 346 g/mol. The summed E-state index contributed by atoms with van der Waals surface area (Å²) >= 11 is 5.92. The van der Waals surface area contributed by atoms with Gasteiger partial charge in [-0.25, -0.2) is 4.98 Å². The van der Waals surface area contributed by atoms with Crippen LogP contribution in [0.2, 0.25) is 5.02 Å². The van der Waals surface area contributed by atoms with Crippen molar-refractivity contribution < 1.29 is 14.7 Å². The molecule has 0 fully saturated rings. The van der Waals surface area contributed by atoms with Crippen LogP contribution in [0.25, 0.3) is 0 Å². The van der Waals surface area contributed by atoms with Crippen LogP contribution in [0.1, 0.15) is 23.5 Å². The second-order valence-corrected chi connectivity index (χ2v) is 6.31. The van der Waals surface area contributed by atoms with Crippen molar-refractivity contribution in [3.05, 3.63) is 41.3 Å². The number of carbonyl (C=O) groups is 2. The van der Waals surface area contributed by atoms with Crippen molar-refractivity contribution >= 4 is 34.9 Å². The summed E-state index contributed by atoms with van der Waals surface area (Å²) in [5, 5.41) is 13.3. The Balaban J connectivity index is 1.89. The third-order valence-corrected chi connectivity index (χ3v) is 4.45. The van der Waals surface area contributed by atoms with Gasteiger partial charge in [-0.3, -0.25) is 14.5 Å². The Morgan fingerprint density at radius 1 is 1.36 bits per heavy atom. The van der Waals surface area contributed by atoms with Gasteiger partial charge in [0.15, 0.2) is 11.5 Å². The third-order valence-electron chi connectivity index (χ3n) is 4.21. The Labute approximate surface area is 149 Å². The van der Waals surface area contributed by atoms with Crippen LogP contribution in [0.3, 0.4) is 0 Å². The Morgan fingerprint density at radius 3 is 2.76 bits per heavy atom. The summed E-state index contributed by atoms with van der Waals surface area (Å²) < 4.78 is 1.50. The zero-order valence-corrected chi connectivity index (χ0v) is 14.7. The molecule has 25 heavy (non-hydrogen) atoms. The second-order valence-electron chi connectivity index (χ2n) is 5.87. The van der Waals surface area contributed by atoms with Gasteiger partial charge in [-0.15, -0.1) is 0 Å². The van der Waals surface area contributed by atoms with Gasteiger partial charge in [-0.2, -0.15) is 0 Å². The van der Waals surface area contributed by atoms with Crippen LogP contribution in [0.15, 0.2) is 30.6 Å². The van der Waals surface area contributed by atoms with Gasteiger partial charge in [0.05, 0.1) is 6.33 Å². The molecule has 2 aromatic rings. The monoisotopic (exact) mass is 363 g/mol. The van der Waals surface area contributed by atoms with Crippen LogP contribution in [0.4, 0.5) is 11.5 Å². The summed E-state index contributed by atoms with van der Waals surface area (Å²) in [6.45, 7) is 1.67. The van der Waals surface area contributed by atoms with Crippen molar-refractivity contribution in [1.29, 1.82) is 0 Å². The number of carbonyl (C=O) groups excluding carboxylic acids is 2. The SMILES string of the molecule is CC(C(=O)Nc1cccc(Cl)c1)n1cnc2c1C(=O)N(C)C(O)N2C. The lowest BCUT2D eigenvalue weighted by Gasteiger charge is -2.36. The molecule has 1 aromatic carbocycles. The highest BCUT2D eigenvalue weighted by Gasteiger charge is 2.37. The maximum Gasteiger partial charge on any atom is 0.277 e. The van der Waals surface area contributed by atoms with Crippen molar-refractivity contribution in [2.45, 2.75) is 19.3 Å². The molecule has 2 amide bonds. The van der Waals surface area contributed by atoms with E-state index in [-0.39, 0.29) is 11.6 Å². The third kappa shape index (κ3) is 2.94. The quantitative estimate of drug-likeness (QED) is 0.863. The van der Waals surface area contributed by atoms with E-state index < -0.39 is 18.3 Å². The van der Waals surface area contributed by atoms with Crippen LogP contribution in [-0.2, 0) is 4.79 Å². The number of amides is 2. The Morgan fingerprint density at radius 2 is 2.08 bits per heavy atom. The van der Waals surface area contributed by atoms with Crippen molar-refractivity contribution in [3.63, 3.8) is 0 Å². The largest absolute Gasteiger partial charge is 0.356 e. The molecule has 0 spiro atoms. The van der Waals surface area contributed by atoms with Gasteiger partial charge in [0.2, 0.25) is 12.3 Å². The van der Waals surface area contributed by atoms with Crippen molar-refractivity contribution in [3.8, 4) is 0 Å². The second kappa shape index (κ2) is 6.38. The van der Waals surface area contributed by atoms with E-state index in [0.717, 1.165) is 0 Å². The summed E-state index contributed by atoms with van der Waals surface area (Å²) in [7, 11) is 3.11. The van der Waals surface area contributed by atoms with Crippen molar-refractivity contribution in [2.24, 2.45) is 0 Å². The van der Waals surface area contributed by atoms with Crippen molar-refractivity contribution in [1.82, 2.24) is 14.5 Å². The van der Waals surface area contributed by atoms with Gasteiger partial charge in [0, 0.05) is 24.8 Å². The Hall–Kier alpha value is -2.58. The highest BCUT2D eigenvalue weighted by atomic mass is 35.5. The molecule has 1 aromatic heterocycles. The minimum Gasteiger partial charge on any atom is -0.356 e. The number of anilines is 2. The standard InChI is InChI=1S/C16H18ClN5O3/c1-9(14(23)19-11-6-4-5-10(17)7-11)22-8-18-13-12(22)15(24)21(3)16(25)20(13)2/h4-9,16,25H,1-3H3,(H,19,23). The molecule has 2 heterocycles. The predicted octanol–water partition coefficient (Wildman–Crippen LogP) is 1.53. The zero-order valence-electron chi connectivity index (χ0n) is 14.0. The van der Waals surface area contributed by atoms with Gasteiger partial charge in [0.1, 0.15) is 6.04 Å². The van der Waals surface area contributed by atoms with Gasteiger partial charge < -0.3 is 19.9 Å². The molecule has 9 heteroatoms. The molecule has 0 bridgehead atoms. The number of aliphatic hydroxyl groups excluding tert-OH is 1. The fourth-order valence-electron chi connectivity index (χ4n) is 2.69. The predicted molar refractivity (Wildman–Crippen MR) is 93.5 cm³/mol. The number of fused-ring (bicyclic) bond motifs is 1. The molecule has 2 N–H and O–H groups in total. The Kier molecular flexibility index (Phi) is 4.40. The Bertz CT molecular complexity index is 837. The summed E-state index contributed by atoms with van der Waals surface area (Å²) in [6.07, 6.45) is 0.326. The first kappa shape index (κ1) is 17.2. The first-order chi connectivity index (χ1) is 11.8. The van der Waals surface area contributed by atoms with Crippen LogP contribution in [-0.4, -0.2) is 51.8 Å². The molecule has 0 saturated carbocycles.